The molecule has 0 aliphatic carbocycles. The zero-order valence-electron chi connectivity index (χ0n) is 10.8. The summed E-state index contributed by atoms with van der Waals surface area (Å²) in [5, 5.41) is 13.8. The van der Waals surface area contributed by atoms with E-state index in [1.54, 1.807) is 33.2 Å². The van der Waals surface area contributed by atoms with Crippen molar-refractivity contribution in [3.63, 3.8) is 0 Å². The van der Waals surface area contributed by atoms with Gasteiger partial charge in [-0.05, 0) is 12.5 Å². The fraction of sp³-hybridized carbons (Fsp3) is 0.417. The lowest BCUT2D eigenvalue weighted by Gasteiger charge is -2.12. The molecular formula is C12H17N3O3. The highest BCUT2D eigenvalue weighted by Crippen LogP contribution is 2.27. The number of nitrogens with zero attached hydrogens (tertiary/aromatic N) is 2. The van der Waals surface area contributed by atoms with Crippen LogP contribution in [0, 0.1) is 17.0 Å². The number of carbonyl (C=O) groups excluding carboxylic acids is 1. The Morgan fingerprint density at radius 1 is 1.44 bits per heavy atom. The first-order valence-corrected chi connectivity index (χ1v) is 5.61. The van der Waals surface area contributed by atoms with Crippen LogP contribution in [-0.2, 0) is 4.79 Å². The standard InChI is InChI=1S/C12H17N3O3/c1-9-5-4-6-10(15(17)18)12(9)13-8-7-11(16)14(2)3/h4-6,13H,7-8H2,1-3H3. The second-order valence-electron chi connectivity index (χ2n) is 4.19. The zero-order chi connectivity index (χ0) is 13.7. The molecule has 18 heavy (non-hydrogen) atoms. The molecule has 0 atom stereocenters. The second kappa shape index (κ2) is 6.00. The van der Waals surface area contributed by atoms with Crippen LogP contribution < -0.4 is 5.32 Å². The molecule has 0 aliphatic rings. The van der Waals surface area contributed by atoms with Crippen LogP contribution in [0.25, 0.3) is 0 Å². The quantitative estimate of drug-likeness (QED) is 0.639. The van der Waals surface area contributed by atoms with Gasteiger partial charge in [0.2, 0.25) is 5.91 Å². The molecule has 0 fully saturated rings. The number of carbonyl (C=O) groups is 1. The minimum Gasteiger partial charge on any atom is -0.379 e. The van der Waals surface area contributed by atoms with Crippen LogP contribution in [0.2, 0.25) is 0 Å². The van der Waals surface area contributed by atoms with E-state index in [0.29, 0.717) is 18.7 Å². The van der Waals surface area contributed by atoms with Crippen LogP contribution in [0.3, 0.4) is 0 Å². The van der Waals surface area contributed by atoms with Gasteiger partial charge >= 0.3 is 0 Å². The monoisotopic (exact) mass is 251 g/mol. The number of rotatable bonds is 5. The maximum Gasteiger partial charge on any atom is 0.292 e. The molecule has 1 aromatic rings. The van der Waals surface area contributed by atoms with Crippen LogP contribution in [-0.4, -0.2) is 36.4 Å². The molecule has 0 aliphatic heterocycles. The van der Waals surface area contributed by atoms with Crippen molar-refractivity contribution >= 4 is 17.3 Å². The van der Waals surface area contributed by atoms with E-state index in [2.05, 4.69) is 5.32 Å². The van der Waals surface area contributed by atoms with Crippen LogP contribution in [0.1, 0.15) is 12.0 Å². The minimum atomic E-state index is -0.427. The van der Waals surface area contributed by atoms with Crippen molar-refractivity contribution in [2.45, 2.75) is 13.3 Å². The Balaban J connectivity index is 2.73. The van der Waals surface area contributed by atoms with E-state index in [-0.39, 0.29) is 11.6 Å². The largest absolute Gasteiger partial charge is 0.379 e. The van der Waals surface area contributed by atoms with Gasteiger partial charge in [0.05, 0.1) is 4.92 Å². The van der Waals surface area contributed by atoms with E-state index in [0.717, 1.165) is 5.56 Å². The number of para-hydroxylation sites is 1. The summed E-state index contributed by atoms with van der Waals surface area (Å²) in [7, 11) is 3.36. The third-order valence-electron chi connectivity index (χ3n) is 2.59. The molecule has 6 heteroatoms. The second-order valence-corrected chi connectivity index (χ2v) is 4.19. The number of nitrogens with one attached hydrogen (secondary N) is 1. The lowest BCUT2D eigenvalue weighted by atomic mass is 10.1. The van der Waals surface area contributed by atoms with E-state index in [1.165, 1.54) is 11.0 Å². The molecule has 6 nitrogen and oxygen atoms in total. The molecule has 0 bridgehead atoms. The van der Waals surface area contributed by atoms with Gasteiger partial charge in [-0.25, -0.2) is 0 Å². The van der Waals surface area contributed by atoms with Gasteiger partial charge in [0, 0.05) is 33.1 Å². The molecule has 0 heterocycles. The number of aryl methyl sites for hydroxylation is 1. The first kappa shape index (κ1) is 14.0. The van der Waals surface area contributed by atoms with Crippen molar-refractivity contribution in [1.29, 1.82) is 0 Å². The SMILES string of the molecule is Cc1cccc([N+](=O)[O-])c1NCCC(=O)N(C)C. The number of amides is 1. The van der Waals surface area contributed by atoms with E-state index in [9.17, 15) is 14.9 Å². The van der Waals surface area contributed by atoms with Crippen molar-refractivity contribution < 1.29 is 9.72 Å². The Kier molecular flexibility index (Phi) is 4.65. The summed E-state index contributed by atoms with van der Waals surface area (Å²) < 4.78 is 0. The van der Waals surface area contributed by atoms with Gasteiger partial charge in [-0.2, -0.15) is 0 Å². The van der Waals surface area contributed by atoms with Crippen LogP contribution >= 0.6 is 0 Å². The van der Waals surface area contributed by atoms with Gasteiger partial charge in [0.15, 0.2) is 0 Å². The number of benzene rings is 1. The van der Waals surface area contributed by atoms with Gasteiger partial charge in [-0.3, -0.25) is 14.9 Å². The molecule has 1 amide bonds. The summed E-state index contributed by atoms with van der Waals surface area (Å²) in [5.74, 6) is -0.0151. The van der Waals surface area contributed by atoms with E-state index < -0.39 is 4.92 Å². The van der Waals surface area contributed by atoms with Crippen molar-refractivity contribution in [3.05, 3.63) is 33.9 Å². The smallest absolute Gasteiger partial charge is 0.292 e. The predicted octanol–water partition coefficient (Wildman–Crippen LogP) is 1.79. The molecule has 1 rings (SSSR count). The maximum absolute atomic E-state index is 11.4. The molecule has 1 aromatic carbocycles. The highest BCUT2D eigenvalue weighted by molar-refractivity contribution is 5.76. The maximum atomic E-state index is 11.4. The summed E-state index contributed by atoms with van der Waals surface area (Å²) in [6, 6.07) is 4.88. The average Bonchev–Trinajstić information content (AvgIpc) is 2.30. The van der Waals surface area contributed by atoms with E-state index >= 15 is 0 Å². The summed E-state index contributed by atoms with van der Waals surface area (Å²) in [5.41, 5.74) is 1.31. The Hall–Kier alpha value is -2.11. The number of hydrogen-bond donors (Lipinski definition) is 1. The molecule has 0 aromatic heterocycles. The Morgan fingerprint density at radius 3 is 2.67 bits per heavy atom. The highest BCUT2D eigenvalue weighted by Gasteiger charge is 2.15. The number of nitro benzene ring substituents is 1. The lowest BCUT2D eigenvalue weighted by Crippen LogP contribution is -2.24. The van der Waals surface area contributed by atoms with Crippen LogP contribution in [0.4, 0.5) is 11.4 Å². The fourth-order valence-corrected chi connectivity index (χ4v) is 1.55. The number of nitro groups is 1. The molecule has 0 spiro atoms. The van der Waals surface area contributed by atoms with Crippen molar-refractivity contribution in [2.75, 3.05) is 26.0 Å². The van der Waals surface area contributed by atoms with E-state index in [4.69, 9.17) is 0 Å². The van der Waals surface area contributed by atoms with Crippen molar-refractivity contribution in [3.8, 4) is 0 Å². The van der Waals surface area contributed by atoms with Gasteiger partial charge in [-0.1, -0.05) is 12.1 Å². The predicted molar refractivity (Wildman–Crippen MR) is 69.6 cm³/mol. The van der Waals surface area contributed by atoms with Crippen molar-refractivity contribution in [2.24, 2.45) is 0 Å². The lowest BCUT2D eigenvalue weighted by molar-refractivity contribution is -0.384. The molecule has 0 radical (unpaired) electrons. The average molecular weight is 251 g/mol. The topological polar surface area (TPSA) is 75.5 Å². The van der Waals surface area contributed by atoms with Gasteiger partial charge < -0.3 is 10.2 Å². The Labute approximate surface area is 106 Å². The number of anilines is 1. The highest BCUT2D eigenvalue weighted by atomic mass is 16.6. The van der Waals surface area contributed by atoms with Gasteiger partial charge in [-0.15, -0.1) is 0 Å². The molecule has 0 saturated heterocycles. The van der Waals surface area contributed by atoms with E-state index in [1.807, 2.05) is 0 Å². The molecule has 0 saturated carbocycles. The first-order valence-electron chi connectivity index (χ1n) is 5.61. The number of hydrogen-bond acceptors (Lipinski definition) is 4. The Bertz CT molecular complexity index is 458. The zero-order valence-corrected chi connectivity index (χ0v) is 10.8. The van der Waals surface area contributed by atoms with Crippen LogP contribution in [0.5, 0.6) is 0 Å². The van der Waals surface area contributed by atoms with Gasteiger partial charge in [0.25, 0.3) is 5.69 Å². The van der Waals surface area contributed by atoms with Crippen LogP contribution in [0.15, 0.2) is 18.2 Å². The third-order valence-corrected chi connectivity index (χ3v) is 2.59. The summed E-state index contributed by atoms with van der Waals surface area (Å²) >= 11 is 0. The van der Waals surface area contributed by atoms with Gasteiger partial charge in [0.1, 0.15) is 5.69 Å². The normalized spacial score (nSPS) is 9.94. The minimum absolute atomic E-state index is 0.0151. The first-order chi connectivity index (χ1) is 8.43. The summed E-state index contributed by atoms with van der Waals surface area (Å²) in [6.07, 6.45) is 0.304. The molecule has 0 unspecified atom stereocenters. The third kappa shape index (κ3) is 3.44. The molecular weight excluding hydrogens is 234 g/mol. The molecule has 1 N–H and O–H groups in total. The van der Waals surface area contributed by atoms with Crippen molar-refractivity contribution in [1.82, 2.24) is 4.90 Å². The fourth-order valence-electron chi connectivity index (χ4n) is 1.55. The summed E-state index contributed by atoms with van der Waals surface area (Å²) in [4.78, 5) is 23.3. The molecule has 98 valence electrons. The Morgan fingerprint density at radius 2 is 2.11 bits per heavy atom. The summed E-state index contributed by atoms with van der Waals surface area (Å²) in [6.45, 7) is 2.17.